The van der Waals surface area contributed by atoms with Gasteiger partial charge in [-0.3, -0.25) is 9.89 Å². The fourth-order valence-corrected chi connectivity index (χ4v) is 3.50. The molecule has 7 heteroatoms. The first-order valence-corrected chi connectivity index (χ1v) is 10.5. The highest BCUT2D eigenvalue weighted by atomic mass is 35.5. The Balaban J connectivity index is 1.39. The van der Waals surface area contributed by atoms with E-state index < -0.39 is 0 Å². The highest BCUT2D eigenvalue weighted by Gasteiger charge is 2.16. The number of nitrogens with zero attached hydrogens (tertiary/aromatic N) is 3. The topological polar surface area (TPSA) is 72.8 Å². The minimum absolute atomic E-state index is 0.120. The predicted octanol–water partition coefficient (Wildman–Crippen LogP) is 2.60. The molecule has 0 saturated carbocycles. The molecule has 1 aliphatic heterocycles. The van der Waals surface area contributed by atoms with Gasteiger partial charge in [0.05, 0.1) is 6.10 Å². The Hall–Kier alpha value is -2.15. The molecule has 1 aromatic carbocycles. The third kappa shape index (κ3) is 7.31. The highest BCUT2D eigenvalue weighted by Crippen LogP contribution is 2.14. The molecule has 0 amide bonds. The van der Waals surface area contributed by atoms with Crippen LogP contribution in [0, 0.1) is 0 Å². The standard InChI is InChI=1S/C22H30ClN5O/c1-24-22(25-11-8-18-6-7-21(23)26-14-18)27-15-17-2-4-19(5-3-17)16-28-12-9-20(29)10-13-28/h2-7,14,20,29H,8-13,15-16H2,1H3,(H2,24,25,27). The van der Waals surface area contributed by atoms with Gasteiger partial charge >= 0.3 is 0 Å². The van der Waals surface area contributed by atoms with Crippen molar-refractivity contribution < 1.29 is 5.11 Å². The molecule has 1 fully saturated rings. The Bertz CT molecular complexity index is 771. The van der Waals surface area contributed by atoms with Gasteiger partial charge in [-0.2, -0.15) is 0 Å². The van der Waals surface area contributed by atoms with E-state index in [0.29, 0.717) is 5.15 Å². The lowest BCUT2D eigenvalue weighted by Gasteiger charge is -2.29. The molecule has 0 aliphatic carbocycles. The van der Waals surface area contributed by atoms with Gasteiger partial charge in [0.25, 0.3) is 0 Å². The Kier molecular flexibility index (Phi) is 8.28. The number of aliphatic hydroxyl groups excluding tert-OH is 1. The molecular formula is C22H30ClN5O. The largest absolute Gasteiger partial charge is 0.393 e. The molecule has 29 heavy (non-hydrogen) atoms. The second-order valence-electron chi connectivity index (χ2n) is 7.42. The van der Waals surface area contributed by atoms with E-state index in [2.05, 4.69) is 49.8 Å². The SMILES string of the molecule is CN=C(NCCc1ccc(Cl)nc1)NCc1ccc(CN2CCC(O)CC2)cc1. The van der Waals surface area contributed by atoms with E-state index in [9.17, 15) is 5.11 Å². The van der Waals surface area contributed by atoms with Crippen LogP contribution in [-0.4, -0.2) is 53.7 Å². The number of pyridine rings is 1. The van der Waals surface area contributed by atoms with Crippen molar-refractivity contribution in [2.24, 2.45) is 4.99 Å². The van der Waals surface area contributed by atoms with Crippen LogP contribution in [0.5, 0.6) is 0 Å². The van der Waals surface area contributed by atoms with Crippen LogP contribution < -0.4 is 10.6 Å². The molecule has 0 radical (unpaired) electrons. The van der Waals surface area contributed by atoms with E-state index in [4.69, 9.17) is 11.6 Å². The highest BCUT2D eigenvalue weighted by molar-refractivity contribution is 6.29. The summed E-state index contributed by atoms with van der Waals surface area (Å²) in [4.78, 5) is 10.8. The van der Waals surface area contributed by atoms with E-state index >= 15 is 0 Å². The van der Waals surface area contributed by atoms with Crippen LogP contribution in [0.3, 0.4) is 0 Å². The number of rotatable bonds is 7. The van der Waals surface area contributed by atoms with Crippen molar-refractivity contribution in [3.8, 4) is 0 Å². The molecule has 1 saturated heterocycles. The smallest absolute Gasteiger partial charge is 0.191 e. The fourth-order valence-electron chi connectivity index (χ4n) is 3.38. The number of hydrogen-bond acceptors (Lipinski definition) is 4. The first kappa shape index (κ1) is 21.6. The van der Waals surface area contributed by atoms with Crippen molar-refractivity contribution in [2.45, 2.75) is 38.5 Å². The molecule has 1 aliphatic rings. The van der Waals surface area contributed by atoms with Gasteiger partial charge in [0.1, 0.15) is 5.15 Å². The molecule has 2 aromatic rings. The summed E-state index contributed by atoms with van der Waals surface area (Å²) in [7, 11) is 1.78. The summed E-state index contributed by atoms with van der Waals surface area (Å²) in [6.45, 7) is 4.38. The molecule has 0 unspecified atom stereocenters. The predicted molar refractivity (Wildman–Crippen MR) is 118 cm³/mol. The molecule has 0 bridgehead atoms. The van der Waals surface area contributed by atoms with Crippen molar-refractivity contribution in [1.82, 2.24) is 20.5 Å². The zero-order valence-corrected chi connectivity index (χ0v) is 17.7. The van der Waals surface area contributed by atoms with Crippen molar-refractivity contribution in [3.05, 3.63) is 64.4 Å². The summed E-state index contributed by atoms with van der Waals surface area (Å²) in [5.41, 5.74) is 3.66. The first-order chi connectivity index (χ1) is 14.1. The maximum atomic E-state index is 9.62. The van der Waals surface area contributed by atoms with E-state index in [-0.39, 0.29) is 6.10 Å². The Morgan fingerprint density at radius 3 is 2.45 bits per heavy atom. The lowest BCUT2D eigenvalue weighted by atomic mass is 10.1. The summed E-state index contributed by atoms with van der Waals surface area (Å²) in [6, 6.07) is 12.5. The molecule has 6 nitrogen and oxygen atoms in total. The van der Waals surface area contributed by atoms with Crippen LogP contribution in [-0.2, 0) is 19.5 Å². The second-order valence-corrected chi connectivity index (χ2v) is 7.80. The number of aliphatic hydroxyl groups is 1. The molecule has 2 heterocycles. The molecule has 1 aromatic heterocycles. The number of aromatic nitrogens is 1. The maximum Gasteiger partial charge on any atom is 0.191 e. The zero-order valence-electron chi connectivity index (χ0n) is 16.9. The van der Waals surface area contributed by atoms with Crippen molar-refractivity contribution >= 4 is 17.6 Å². The molecule has 156 valence electrons. The lowest BCUT2D eigenvalue weighted by molar-refractivity contribution is 0.0792. The molecule has 3 rings (SSSR count). The fraction of sp³-hybridized carbons (Fsp3) is 0.455. The number of halogens is 1. The minimum atomic E-state index is -0.120. The number of aliphatic imine (C=N–C) groups is 1. The third-order valence-corrected chi connectivity index (χ3v) is 5.39. The van der Waals surface area contributed by atoms with Crippen LogP contribution in [0.1, 0.15) is 29.5 Å². The zero-order chi connectivity index (χ0) is 20.5. The monoisotopic (exact) mass is 415 g/mol. The van der Waals surface area contributed by atoms with Crippen molar-refractivity contribution in [2.75, 3.05) is 26.7 Å². The van der Waals surface area contributed by atoms with E-state index in [1.807, 2.05) is 12.1 Å². The first-order valence-electron chi connectivity index (χ1n) is 10.2. The summed E-state index contributed by atoms with van der Waals surface area (Å²) >= 11 is 5.81. The van der Waals surface area contributed by atoms with Crippen LogP contribution in [0.4, 0.5) is 0 Å². The number of hydrogen-bond donors (Lipinski definition) is 3. The number of nitrogens with one attached hydrogen (secondary N) is 2. The Morgan fingerprint density at radius 2 is 1.79 bits per heavy atom. The van der Waals surface area contributed by atoms with Crippen molar-refractivity contribution in [3.63, 3.8) is 0 Å². The summed E-state index contributed by atoms with van der Waals surface area (Å²) < 4.78 is 0. The third-order valence-electron chi connectivity index (χ3n) is 5.16. The van der Waals surface area contributed by atoms with Crippen LogP contribution >= 0.6 is 11.6 Å². The maximum absolute atomic E-state index is 9.62. The number of guanidine groups is 1. The van der Waals surface area contributed by atoms with Gasteiger partial charge in [-0.05, 0) is 42.0 Å². The van der Waals surface area contributed by atoms with E-state index in [1.54, 1.807) is 13.2 Å². The van der Waals surface area contributed by atoms with Crippen LogP contribution in [0.25, 0.3) is 0 Å². The van der Waals surface area contributed by atoms with Gasteiger partial charge < -0.3 is 15.7 Å². The van der Waals surface area contributed by atoms with E-state index in [0.717, 1.165) is 63.5 Å². The van der Waals surface area contributed by atoms with Gasteiger partial charge in [0.15, 0.2) is 5.96 Å². The minimum Gasteiger partial charge on any atom is -0.393 e. The average molecular weight is 416 g/mol. The normalized spacial score (nSPS) is 16.0. The quantitative estimate of drug-likeness (QED) is 0.368. The van der Waals surface area contributed by atoms with E-state index in [1.165, 1.54) is 11.1 Å². The van der Waals surface area contributed by atoms with Gasteiger partial charge in [0.2, 0.25) is 0 Å². The summed E-state index contributed by atoms with van der Waals surface area (Å²) in [5.74, 6) is 0.780. The average Bonchev–Trinajstić information content (AvgIpc) is 2.74. The molecular weight excluding hydrogens is 386 g/mol. The Labute approximate surface area is 178 Å². The van der Waals surface area contributed by atoms with Gasteiger partial charge in [0, 0.05) is 46.0 Å². The lowest BCUT2D eigenvalue weighted by Crippen LogP contribution is -2.37. The number of likely N-dealkylation sites (tertiary alicyclic amines) is 1. The summed E-state index contributed by atoms with van der Waals surface area (Å²) in [5, 5.41) is 16.8. The van der Waals surface area contributed by atoms with Gasteiger partial charge in [-0.1, -0.05) is 41.9 Å². The number of piperidine rings is 1. The second kappa shape index (κ2) is 11.1. The molecule has 0 atom stereocenters. The number of benzene rings is 1. The summed E-state index contributed by atoms with van der Waals surface area (Å²) in [6.07, 6.45) is 4.29. The van der Waals surface area contributed by atoms with Gasteiger partial charge in [-0.15, -0.1) is 0 Å². The molecule has 3 N–H and O–H groups in total. The van der Waals surface area contributed by atoms with Crippen LogP contribution in [0.15, 0.2) is 47.6 Å². The molecule has 0 spiro atoms. The van der Waals surface area contributed by atoms with Crippen LogP contribution in [0.2, 0.25) is 5.15 Å². The van der Waals surface area contributed by atoms with Gasteiger partial charge in [-0.25, -0.2) is 4.98 Å². The Morgan fingerprint density at radius 1 is 1.10 bits per heavy atom. The van der Waals surface area contributed by atoms with Crippen molar-refractivity contribution in [1.29, 1.82) is 0 Å².